The molecule has 25 heavy (non-hydrogen) atoms. The fourth-order valence-corrected chi connectivity index (χ4v) is 3.39. The van der Waals surface area contributed by atoms with Crippen molar-refractivity contribution in [3.63, 3.8) is 0 Å². The minimum Gasteiger partial charge on any atom is -0.322 e. The molecule has 2 atom stereocenters. The minimum absolute atomic E-state index is 0.00436. The van der Waals surface area contributed by atoms with Gasteiger partial charge in [-0.1, -0.05) is 41.9 Å². The van der Waals surface area contributed by atoms with E-state index in [2.05, 4.69) is 34.9 Å². The van der Waals surface area contributed by atoms with E-state index in [1.165, 1.54) is 5.56 Å². The van der Waals surface area contributed by atoms with Crippen LogP contribution in [-0.4, -0.2) is 25.8 Å². The van der Waals surface area contributed by atoms with Crippen LogP contribution >= 0.6 is 11.6 Å². The van der Waals surface area contributed by atoms with Crippen LogP contribution in [0.4, 0.5) is 10.5 Å². The van der Waals surface area contributed by atoms with Crippen LogP contribution in [0, 0.1) is 5.92 Å². The molecule has 1 aliphatic heterocycles. The number of amides is 2. The quantitative estimate of drug-likeness (QED) is 0.866. The van der Waals surface area contributed by atoms with Crippen molar-refractivity contribution in [1.29, 1.82) is 0 Å². The zero-order valence-electron chi connectivity index (χ0n) is 14.4. The van der Waals surface area contributed by atoms with Crippen molar-refractivity contribution in [2.75, 3.05) is 18.5 Å². The molecule has 1 heterocycles. The van der Waals surface area contributed by atoms with Crippen molar-refractivity contribution < 1.29 is 4.79 Å². The lowest BCUT2D eigenvalue weighted by molar-refractivity contribution is 0.226. The molecule has 2 aromatic rings. The van der Waals surface area contributed by atoms with Gasteiger partial charge in [0.05, 0.1) is 6.17 Å². The van der Waals surface area contributed by atoms with Crippen LogP contribution < -0.4 is 15.5 Å². The van der Waals surface area contributed by atoms with Gasteiger partial charge in [-0.2, -0.15) is 0 Å². The summed E-state index contributed by atoms with van der Waals surface area (Å²) in [4.78, 5) is 14.1. The predicted octanol–water partition coefficient (Wildman–Crippen LogP) is 4.05. The molecule has 0 spiro atoms. The van der Waals surface area contributed by atoms with E-state index < -0.39 is 0 Å². The third kappa shape index (κ3) is 4.97. The van der Waals surface area contributed by atoms with E-state index in [1.54, 1.807) is 24.1 Å². The maximum absolute atomic E-state index is 12.5. The minimum atomic E-state index is -0.111. The topological polar surface area (TPSA) is 44.4 Å². The summed E-state index contributed by atoms with van der Waals surface area (Å²) in [5, 5.41) is 7.15. The molecular weight excluding hydrogens is 334 g/mol. The van der Waals surface area contributed by atoms with Gasteiger partial charge in [-0.05, 0) is 61.6 Å². The van der Waals surface area contributed by atoms with Gasteiger partial charge in [-0.15, -0.1) is 0 Å². The summed E-state index contributed by atoms with van der Waals surface area (Å²) in [5.41, 5.74) is 2.18. The summed E-state index contributed by atoms with van der Waals surface area (Å²) in [6, 6.07) is 17.7. The highest BCUT2D eigenvalue weighted by atomic mass is 35.5. The average molecular weight is 358 g/mol. The first-order valence-electron chi connectivity index (χ1n) is 8.69. The second kappa shape index (κ2) is 8.37. The van der Waals surface area contributed by atoms with Crippen molar-refractivity contribution in [2.24, 2.45) is 5.92 Å². The molecule has 3 rings (SSSR count). The molecule has 0 bridgehead atoms. The van der Waals surface area contributed by atoms with Crippen molar-refractivity contribution in [2.45, 2.75) is 25.4 Å². The summed E-state index contributed by atoms with van der Waals surface area (Å²) in [6.45, 7) is 0.924. The van der Waals surface area contributed by atoms with Gasteiger partial charge in [0.1, 0.15) is 0 Å². The van der Waals surface area contributed by atoms with Crippen LogP contribution in [0.5, 0.6) is 0 Å². The van der Waals surface area contributed by atoms with Gasteiger partial charge in [-0.25, -0.2) is 4.79 Å². The molecule has 2 aromatic carbocycles. The molecule has 5 heteroatoms. The molecule has 1 aliphatic rings. The van der Waals surface area contributed by atoms with Gasteiger partial charge in [0.15, 0.2) is 0 Å². The Morgan fingerprint density at radius 1 is 1.20 bits per heavy atom. The fraction of sp³-hybridized carbons (Fsp3) is 0.350. The summed E-state index contributed by atoms with van der Waals surface area (Å²) >= 11 is 5.91. The first-order chi connectivity index (χ1) is 12.1. The highest BCUT2D eigenvalue weighted by Crippen LogP contribution is 2.21. The van der Waals surface area contributed by atoms with E-state index >= 15 is 0 Å². The number of carbonyl (C=O) groups excluding carboxylic acids is 1. The van der Waals surface area contributed by atoms with Gasteiger partial charge < -0.3 is 5.32 Å². The molecule has 2 N–H and O–H groups in total. The number of rotatable bonds is 4. The molecule has 0 aliphatic carbocycles. The van der Waals surface area contributed by atoms with Crippen LogP contribution in [0.2, 0.25) is 5.02 Å². The van der Waals surface area contributed by atoms with E-state index in [0.29, 0.717) is 10.9 Å². The number of hydrogen-bond acceptors (Lipinski definition) is 2. The van der Waals surface area contributed by atoms with Crippen LogP contribution in [0.25, 0.3) is 0 Å². The number of benzene rings is 2. The highest BCUT2D eigenvalue weighted by molar-refractivity contribution is 6.30. The number of carbonyl (C=O) groups is 1. The fourth-order valence-electron chi connectivity index (χ4n) is 3.27. The molecule has 1 saturated heterocycles. The summed E-state index contributed by atoms with van der Waals surface area (Å²) in [6.07, 6.45) is 3.13. The van der Waals surface area contributed by atoms with Gasteiger partial charge >= 0.3 is 6.03 Å². The maximum atomic E-state index is 12.5. The smallest absolute Gasteiger partial charge is 0.322 e. The number of nitrogens with zero attached hydrogens (tertiary/aromatic N) is 1. The molecule has 132 valence electrons. The van der Waals surface area contributed by atoms with Crippen LogP contribution in [0.3, 0.4) is 0 Å². The third-order valence-electron chi connectivity index (χ3n) is 4.70. The van der Waals surface area contributed by atoms with E-state index in [1.807, 2.05) is 18.2 Å². The maximum Gasteiger partial charge on any atom is 0.322 e. The Bertz CT molecular complexity index is 690. The summed E-state index contributed by atoms with van der Waals surface area (Å²) < 4.78 is 0. The second-order valence-corrected chi connectivity index (χ2v) is 7.01. The van der Waals surface area contributed by atoms with Crippen LogP contribution in [0.1, 0.15) is 18.4 Å². The number of halogens is 1. The Hall–Kier alpha value is -2.04. The average Bonchev–Trinajstić information content (AvgIpc) is 2.63. The van der Waals surface area contributed by atoms with Crippen LogP contribution in [0.15, 0.2) is 54.6 Å². The molecule has 0 saturated carbocycles. The second-order valence-electron chi connectivity index (χ2n) is 6.57. The monoisotopic (exact) mass is 357 g/mol. The first kappa shape index (κ1) is 17.8. The molecule has 4 nitrogen and oxygen atoms in total. The SMILES string of the molecule is CN(C(=O)N[C@@H]1C[C@@H](Cc2ccccc2)CCN1)c1ccc(Cl)cc1. The standard InChI is InChI=1S/C20H24ClN3O/c1-24(18-9-7-17(21)8-10-18)20(25)23-19-14-16(11-12-22-19)13-15-5-3-2-4-6-15/h2-10,16,19,22H,11-14H2,1H3,(H,23,25)/t16-,19-/m1/s1. The van der Waals surface area contributed by atoms with E-state index in [9.17, 15) is 4.79 Å². The lowest BCUT2D eigenvalue weighted by Crippen LogP contribution is -2.53. The Labute approximate surface area is 154 Å². The van der Waals surface area contributed by atoms with Crippen molar-refractivity contribution in [1.82, 2.24) is 10.6 Å². The molecule has 0 unspecified atom stereocenters. The zero-order chi connectivity index (χ0) is 17.6. The summed E-state index contributed by atoms with van der Waals surface area (Å²) in [7, 11) is 1.77. The number of urea groups is 1. The largest absolute Gasteiger partial charge is 0.322 e. The Balaban J connectivity index is 1.54. The van der Waals surface area contributed by atoms with E-state index in [-0.39, 0.29) is 12.2 Å². The molecule has 0 radical (unpaired) electrons. The lowest BCUT2D eigenvalue weighted by atomic mass is 9.89. The number of anilines is 1. The summed E-state index contributed by atoms with van der Waals surface area (Å²) in [5.74, 6) is 0.579. The molecule has 0 aromatic heterocycles. The molecule has 1 fully saturated rings. The zero-order valence-corrected chi connectivity index (χ0v) is 15.2. The van der Waals surface area contributed by atoms with Crippen LogP contribution in [-0.2, 0) is 6.42 Å². The third-order valence-corrected chi connectivity index (χ3v) is 4.95. The first-order valence-corrected chi connectivity index (χ1v) is 9.06. The van der Waals surface area contributed by atoms with Gasteiger partial charge in [0, 0.05) is 17.8 Å². The predicted molar refractivity (Wildman–Crippen MR) is 103 cm³/mol. The van der Waals surface area contributed by atoms with Crippen molar-refractivity contribution in [3.05, 3.63) is 65.2 Å². The van der Waals surface area contributed by atoms with Gasteiger partial charge in [0.25, 0.3) is 0 Å². The Morgan fingerprint density at radius 3 is 2.64 bits per heavy atom. The van der Waals surface area contributed by atoms with Gasteiger partial charge in [-0.3, -0.25) is 10.2 Å². The normalized spacial score (nSPS) is 20.1. The number of hydrogen-bond donors (Lipinski definition) is 2. The number of piperidine rings is 1. The molecule has 2 amide bonds. The molecular formula is C20H24ClN3O. The Kier molecular flexibility index (Phi) is 5.95. The van der Waals surface area contributed by atoms with E-state index in [4.69, 9.17) is 11.6 Å². The van der Waals surface area contributed by atoms with Crippen molar-refractivity contribution in [3.8, 4) is 0 Å². The van der Waals surface area contributed by atoms with E-state index in [0.717, 1.165) is 31.5 Å². The Morgan fingerprint density at radius 2 is 1.92 bits per heavy atom. The van der Waals surface area contributed by atoms with Crippen molar-refractivity contribution >= 4 is 23.3 Å². The highest BCUT2D eigenvalue weighted by Gasteiger charge is 2.24. The lowest BCUT2D eigenvalue weighted by Gasteiger charge is -2.32. The number of nitrogens with one attached hydrogen (secondary N) is 2. The van der Waals surface area contributed by atoms with Gasteiger partial charge in [0.2, 0.25) is 0 Å².